The van der Waals surface area contributed by atoms with E-state index in [2.05, 4.69) is 5.32 Å². The van der Waals surface area contributed by atoms with Gasteiger partial charge in [0.05, 0.1) is 0 Å². The Morgan fingerprint density at radius 2 is 2.36 bits per heavy atom. The number of carbonyl (C=O) groups is 1. The van der Waals surface area contributed by atoms with E-state index in [1.165, 1.54) is 5.56 Å². The summed E-state index contributed by atoms with van der Waals surface area (Å²) >= 11 is 0. The van der Waals surface area contributed by atoms with Crippen molar-refractivity contribution in [3.05, 3.63) is 29.3 Å². The van der Waals surface area contributed by atoms with E-state index in [0.717, 1.165) is 30.5 Å². The average molecular weight is 147 g/mol. The van der Waals surface area contributed by atoms with E-state index in [1.54, 1.807) is 0 Å². The van der Waals surface area contributed by atoms with Crippen molar-refractivity contribution in [2.24, 2.45) is 0 Å². The predicted octanol–water partition coefficient (Wildman–Crippen LogP) is 1.47. The molecule has 1 aliphatic rings. The zero-order valence-electron chi connectivity index (χ0n) is 6.13. The molecule has 2 heteroatoms. The number of aldehydes is 1. The Morgan fingerprint density at radius 3 is 3.18 bits per heavy atom. The molecule has 1 aromatic rings. The number of benzene rings is 1. The summed E-state index contributed by atoms with van der Waals surface area (Å²) in [7, 11) is 0. The summed E-state index contributed by atoms with van der Waals surface area (Å²) in [5.74, 6) is 0. The molecule has 0 spiro atoms. The molecule has 1 aromatic carbocycles. The number of nitrogens with one attached hydrogen (secondary N) is 1. The van der Waals surface area contributed by atoms with Crippen LogP contribution in [0.4, 0.5) is 5.69 Å². The molecular formula is C9H9NO. The lowest BCUT2D eigenvalue weighted by atomic mass is 10.1. The van der Waals surface area contributed by atoms with Crippen molar-refractivity contribution in [2.75, 3.05) is 11.9 Å². The molecule has 0 unspecified atom stereocenters. The highest BCUT2D eigenvalue weighted by molar-refractivity contribution is 5.78. The van der Waals surface area contributed by atoms with E-state index in [-0.39, 0.29) is 0 Å². The van der Waals surface area contributed by atoms with E-state index < -0.39 is 0 Å². The minimum absolute atomic E-state index is 0.748. The zero-order chi connectivity index (χ0) is 7.68. The van der Waals surface area contributed by atoms with Crippen LogP contribution in [0.1, 0.15) is 15.9 Å². The summed E-state index contributed by atoms with van der Waals surface area (Å²) in [6.45, 7) is 0.998. The van der Waals surface area contributed by atoms with Gasteiger partial charge in [0.25, 0.3) is 0 Å². The minimum Gasteiger partial charge on any atom is -0.384 e. The van der Waals surface area contributed by atoms with Crippen LogP contribution in [0.3, 0.4) is 0 Å². The highest BCUT2D eigenvalue weighted by Crippen LogP contribution is 2.22. The molecular weight excluding hydrogens is 138 g/mol. The molecule has 0 bridgehead atoms. The molecule has 0 aliphatic carbocycles. The number of anilines is 1. The summed E-state index contributed by atoms with van der Waals surface area (Å²) in [5, 5.41) is 3.22. The zero-order valence-corrected chi connectivity index (χ0v) is 6.13. The molecule has 0 fully saturated rings. The summed E-state index contributed by atoms with van der Waals surface area (Å²) in [5.41, 5.74) is 3.18. The van der Waals surface area contributed by atoms with Gasteiger partial charge in [-0.15, -0.1) is 0 Å². The first-order chi connectivity index (χ1) is 5.40. The van der Waals surface area contributed by atoms with Crippen LogP contribution < -0.4 is 5.32 Å². The van der Waals surface area contributed by atoms with Crippen molar-refractivity contribution in [3.8, 4) is 0 Å². The Morgan fingerprint density at radius 1 is 1.45 bits per heavy atom. The van der Waals surface area contributed by atoms with Gasteiger partial charge in [-0.2, -0.15) is 0 Å². The summed E-state index contributed by atoms with van der Waals surface area (Å²) in [6, 6.07) is 5.77. The van der Waals surface area contributed by atoms with Crippen molar-refractivity contribution in [1.29, 1.82) is 0 Å². The number of hydrogen-bond donors (Lipinski definition) is 1. The smallest absolute Gasteiger partial charge is 0.150 e. The van der Waals surface area contributed by atoms with Crippen molar-refractivity contribution >= 4 is 12.0 Å². The van der Waals surface area contributed by atoms with Crippen LogP contribution in [0.5, 0.6) is 0 Å². The molecule has 11 heavy (non-hydrogen) atoms. The Kier molecular flexibility index (Phi) is 1.39. The Hall–Kier alpha value is -1.31. The molecule has 0 atom stereocenters. The molecule has 1 N–H and O–H groups in total. The van der Waals surface area contributed by atoms with Gasteiger partial charge in [-0.3, -0.25) is 4.79 Å². The molecule has 56 valence electrons. The quantitative estimate of drug-likeness (QED) is 0.609. The molecule has 0 saturated heterocycles. The fraction of sp³-hybridized carbons (Fsp3) is 0.222. The molecule has 2 nitrogen and oxygen atoms in total. The van der Waals surface area contributed by atoms with E-state index in [1.807, 2.05) is 18.2 Å². The number of hydrogen-bond acceptors (Lipinski definition) is 2. The first kappa shape index (κ1) is 6.40. The topological polar surface area (TPSA) is 29.1 Å². The van der Waals surface area contributed by atoms with Gasteiger partial charge in [-0.1, -0.05) is 12.1 Å². The maximum Gasteiger partial charge on any atom is 0.150 e. The van der Waals surface area contributed by atoms with Gasteiger partial charge < -0.3 is 5.32 Å². The SMILES string of the molecule is O=Cc1ccc2c(c1)NCC2. The second kappa shape index (κ2) is 2.38. The van der Waals surface area contributed by atoms with Crippen LogP contribution in [0.15, 0.2) is 18.2 Å². The van der Waals surface area contributed by atoms with Gasteiger partial charge in [-0.25, -0.2) is 0 Å². The first-order valence-electron chi connectivity index (χ1n) is 3.72. The normalized spacial score (nSPS) is 13.8. The lowest BCUT2D eigenvalue weighted by Gasteiger charge is -1.98. The third-order valence-electron chi connectivity index (χ3n) is 1.98. The van der Waals surface area contributed by atoms with Gasteiger partial charge in [-0.05, 0) is 18.1 Å². The lowest BCUT2D eigenvalue weighted by Crippen LogP contribution is -1.91. The highest BCUT2D eigenvalue weighted by Gasteiger charge is 2.08. The summed E-state index contributed by atoms with van der Waals surface area (Å²) in [4.78, 5) is 10.4. The van der Waals surface area contributed by atoms with Crippen LogP contribution in [0.2, 0.25) is 0 Å². The lowest BCUT2D eigenvalue weighted by molar-refractivity contribution is 0.112. The van der Waals surface area contributed by atoms with Crippen molar-refractivity contribution < 1.29 is 4.79 Å². The molecule has 0 saturated carbocycles. The molecule has 1 heterocycles. The molecule has 2 rings (SSSR count). The van der Waals surface area contributed by atoms with Crippen LogP contribution in [-0.4, -0.2) is 12.8 Å². The van der Waals surface area contributed by atoms with E-state index in [4.69, 9.17) is 0 Å². The van der Waals surface area contributed by atoms with Crippen LogP contribution in [0, 0.1) is 0 Å². The number of rotatable bonds is 1. The third-order valence-corrected chi connectivity index (χ3v) is 1.98. The van der Waals surface area contributed by atoms with Gasteiger partial charge in [0, 0.05) is 17.8 Å². The summed E-state index contributed by atoms with van der Waals surface area (Å²) in [6.07, 6.45) is 1.95. The van der Waals surface area contributed by atoms with E-state index in [0.29, 0.717) is 0 Å². The maximum atomic E-state index is 10.4. The largest absolute Gasteiger partial charge is 0.384 e. The fourth-order valence-electron chi connectivity index (χ4n) is 1.38. The third kappa shape index (κ3) is 1.00. The van der Waals surface area contributed by atoms with Crippen molar-refractivity contribution in [3.63, 3.8) is 0 Å². The van der Waals surface area contributed by atoms with Gasteiger partial charge >= 0.3 is 0 Å². The number of carbonyl (C=O) groups excluding carboxylic acids is 1. The van der Waals surface area contributed by atoms with Gasteiger partial charge in [0.2, 0.25) is 0 Å². The van der Waals surface area contributed by atoms with Gasteiger partial charge in [0.1, 0.15) is 6.29 Å². The monoisotopic (exact) mass is 147 g/mol. The minimum atomic E-state index is 0.748. The molecule has 0 aromatic heterocycles. The van der Waals surface area contributed by atoms with Crippen LogP contribution in [-0.2, 0) is 6.42 Å². The predicted molar refractivity (Wildman–Crippen MR) is 44.0 cm³/mol. The van der Waals surface area contributed by atoms with Crippen molar-refractivity contribution in [2.45, 2.75) is 6.42 Å². The molecule has 0 amide bonds. The summed E-state index contributed by atoms with van der Waals surface area (Å²) < 4.78 is 0. The standard InChI is InChI=1S/C9H9NO/c11-6-7-1-2-8-3-4-10-9(8)5-7/h1-2,5-6,10H,3-4H2. The fourth-order valence-corrected chi connectivity index (χ4v) is 1.38. The average Bonchev–Trinajstić information content (AvgIpc) is 2.50. The van der Waals surface area contributed by atoms with Crippen LogP contribution >= 0.6 is 0 Å². The molecule has 0 radical (unpaired) electrons. The Labute approximate surface area is 65.2 Å². The molecule has 1 aliphatic heterocycles. The first-order valence-corrected chi connectivity index (χ1v) is 3.72. The van der Waals surface area contributed by atoms with Gasteiger partial charge in [0.15, 0.2) is 0 Å². The maximum absolute atomic E-state index is 10.4. The van der Waals surface area contributed by atoms with Crippen molar-refractivity contribution in [1.82, 2.24) is 0 Å². The Bertz CT molecular complexity index is 294. The number of fused-ring (bicyclic) bond motifs is 1. The van der Waals surface area contributed by atoms with E-state index in [9.17, 15) is 4.79 Å². The highest BCUT2D eigenvalue weighted by atomic mass is 16.1. The second-order valence-electron chi connectivity index (χ2n) is 2.71. The van der Waals surface area contributed by atoms with E-state index >= 15 is 0 Å². The van der Waals surface area contributed by atoms with Crippen LogP contribution in [0.25, 0.3) is 0 Å². The Balaban J connectivity index is 2.48. The second-order valence-corrected chi connectivity index (χ2v) is 2.71.